The summed E-state index contributed by atoms with van der Waals surface area (Å²) in [4.78, 5) is 19.5. The molecule has 0 radical (unpaired) electrons. The molecule has 0 atom stereocenters. The number of sulfonamides is 1. The van der Waals surface area contributed by atoms with E-state index in [4.69, 9.17) is 0 Å². The third kappa shape index (κ3) is 5.18. The van der Waals surface area contributed by atoms with E-state index >= 15 is 0 Å². The molecule has 1 rings (SSSR count). The van der Waals surface area contributed by atoms with Crippen molar-refractivity contribution in [3.63, 3.8) is 0 Å². The van der Waals surface area contributed by atoms with Crippen molar-refractivity contribution in [2.45, 2.75) is 6.92 Å². The molecule has 0 aromatic carbocycles. The molecule has 1 aromatic rings. The number of amides is 1. The Labute approximate surface area is 112 Å². The fourth-order valence-electron chi connectivity index (χ4n) is 1.15. The van der Waals surface area contributed by atoms with Crippen LogP contribution in [-0.4, -0.2) is 50.2 Å². The van der Waals surface area contributed by atoms with Crippen LogP contribution in [0.15, 0.2) is 12.4 Å². The summed E-state index contributed by atoms with van der Waals surface area (Å²) in [7, 11) is -1.53. The van der Waals surface area contributed by atoms with Gasteiger partial charge in [0.2, 0.25) is 10.0 Å². The number of nitrogens with one attached hydrogen (secondary N) is 3. The summed E-state index contributed by atoms with van der Waals surface area (Å²) in [5, 5.41) is 5.33. The van der Waals surface area contributed by atoms with Crippen molar-refractivity contribution < 1.29 is 13.2 Å². The van der Waals surface area contributed by atoms with E-state index in [-0.39, 0.29) is 24.5 Å². The van der Waals surface area contributed by atoms with Crippen LogP contribution < -0.4 is 15.4 Å². The third-order valence-electron chi connectivity index (χ3n) is 2.25. The zero-order valence-electron chi connectivity index (χ0n) is 10.8. The Balaban J connectivity index is 2.39. The predicted molar refractivity (Wildman–Crippen MR) is 71.4 cm³/mol. The topological polar surface area (TPSA) is 113 Å². The van der Waals surface area contributed by atoms with Gasteiger partial charge in [-0.2, -0.15) is 0 Å². The van der Waals surface area contributed by atoms with Gasteiger partial charge in [-0.25, -0.2) is 23.1 Å². The molecule has 106 valence electrons. The smallest absolute Gasteiger partial charge is 0.271 e. The molecule has 0 spiro atoms. The first-order valence-electron chi connectivity index (χ1n) is 5.74. The standard InChI is InChI=1S/C10H17N5O3S/c1-3-19(17,18)15-5-4-12-10(16)8-6-14-9(11-2)7-13-8/h6-7,15H,3-5H2,1-2H3,(H,11,14)(H,12,16). The zero-order valence-corrected chi connectivity index (χ0v) is 11.6. The summed E-state index contributed by atoms with van der Waals surface area (Å²) in [5.41, 5.74) is 0.178. The van der Waals surface area contributed by atoms with Crippen molar-refractivity contribution >= 4 is 21.7 Å². The second-order valence-electron chi connectivity index (χ2n) is 3.59. The second-order valence-corrected chi connectivity index (χ2v) is 5.69. The van der Waals surface area contributed by atoms with Gasteiger partial charge in [-0.05, 0) is 6.92 Å². The Bertz CT molecular complexity index is 514. The highest BCUT2D eigenvalue weighted by Gasteiger charge is 2.08. The molecule has 1 heterocycles. The summed E-state index contributed by atoms with van der Waals surface area (Å²) >= 11 is 0. The van der Waals surface area contributed by atoms with E-state index in [2.05, 4.69) is 25.3 Å². The summed E-state index contributed by atoms with van der Waals surface area (Å²) in [5.74, 6) is 0.177. The molecule has 0 bridgehead atoms. The first-order valence-corrected chi connectivity index (χ1v) is 7.39. The minimum Gasteiger partial charge on any atom is -0.372 e. The van der Waals surface area contributed by atoms with Gasteiger partial charge in [0.05, 0.1) is 18.1 Å². The molecular formula is C10H17N5O3S. The quantitative estimate of drug-likeness (QED) is 0.565. The Morgan fingerprint density at radius 1 is 1.26 bits per heavy atom. The maximum Gasteiger partial charge on any atom is 0.271 e. The van der Waals surface area contributed by atoms with Gasteiger partial charge in [-0.3, -0.25) is 4.79 Å². The second kappa shape index (κ2) is 7.00. The predicted octanol–water partition coefficient (Wildman–Crippen LogP) is -0.813. The van der Waals surface area contributed by atoms with Crippen LogP contribution in [0.1, 0.15) is 17.4 Å². The van der Waals surface area contributed by atoms with E-state index in [0.29, 0.717) is 5.82 Å². The van der Waals surface area contributed by atoms with Crippen molar-refractivity contribution in [1.82, 2.24) is 20.0 Å². The SMILES string of the molecule is CCS(=O)(=O)NCCNC(=O)c1cnc(NC)cn1. The minimum absolute atomic E-state index is 0.0118. The largest absolute Gasteiger partial charge is 0.372 e. The molecule has 8 nitrogen and oxygen atoms in total. The molecule has 0 aliphatic carbocycles. The average Bonchev–Trinajstić information content (AvgIpc) is 2.43. The Morgan fingerprint density at radius 3 is 2.53 bits per heavy atom. The van der Waals surface area contributed by atoms with Crippen LogP contribution in [0.3, 0.4) is 0 Å². The monoisotopic (exact) mass is 287 g/mol. The minimum atomic E-state index is -3.23. The van der Waals surface area contributed by atoms with Crippen LogP contribution in [-0.2, 0) is 10.0 Å². The van der Waals surface area contributed by atoms with E-state index in [9.17, 15) is 13.2 Å². The lowest BCUT2D eigenvalue weighted by Gasteiger charge is -2.06. The first kappa shape index (κ1) is 15.3. The highest BCUT2D eigenvalue weighted by Crippen LogP contribution is 1.99. The Morgan fingerprint density at radius 2 is 2.00 bits per heavy atom. The number of hydrogen-bond acceptors (Lipinski definition) is 6. The van der Waals surface area contributed by atoms with E-state index < -0.39 is 15.9 Å². The van der Waals surface area contributed by atoms with E-state index in [1.165, 1.54) is 12.4 Å². The number of hydrogen-bond donors (Lipinski definition) is 3. The van der Waals surface area contributed by atoms with E-state index in [0.717, 1.165) is 0 Å². The first-order chi connectivity index (χ1) is 8.98. The van der Waals surface area contributed by atoms with Gasteiger partial charge in [0.15, 0.2) is 0 Å². The summed E-state index contributed by atoms with van der Waals surface area (Å²) in [6.07, 6.45) is 2.78. The number of rotatable bonds is 7. The average molecular weight is 287 g/mol. The molecule has 9 heteroatoms. The fraction of sp³-hybridized carbons (Fsp3) is 0.500. The lowest BCUT2D eigenvalue weighted by molar-refractivity contribution is 0.0949. The maximum atomic E-state index is 11.6. The number of carbonyl (C=O) groups excluding carboxylic acids is 1. The van der Waals surface area contributed by atoms with Crippen LogP contribution in [0.5, 0.6) is 0 Å². The molecule has 0 fully saturated rings. The van der Waals surface area contributed by atoms with Crippen LogP contribution >= 0.6 is 0 Å². The van der Waals surface area contributed by atoms with Crippen molar-refractivity contribution in [2.24, 2.45) is 0 Å². The number of aromatic nitrogens is 2. The molecule has 1 aromatic heterocycles. The third-order valence-corrected chi connectivity index (χ3v) is 3.66. The van der Waals surface area contributed by atoms with Gasteiger partial charge in [0.1, 0.15) is 11.5 Å². The highest BCUT2D eigenvalue weighted by atomic mass is 32.2. The fourth-order valence-corrected chi connectivity index (χ4v) is 1.77. The Kier molecular flexibility index (Phi) is 5.64. The van der Waals surface area contributed by atoms with Crippen LogP contribution in [0.2, 0.25) is 0 Å². The maximum absolute atomic E-state index is 11.6. The number of anilines is 1. The molecule has 0 aliphatic rings. The van der Waals surface area contributed by atoms with Crippen LogP contribution in [0, 0.1) is 0 Å². The van der Waals surface area contributed by atoms with Gasteiger partial charge in [-0.1, -0.05) is 0 Å². The number of carbonyl (C=O) groups is 1. The molecule has 1 amide bonds. The summed E-state index contributed by atoms with van der Waals surface area (Å²) < 4.78 is 24.6. The Hall–Kier alpha value is -1.74. The van der Waals surface area contributed by atoms with Gasteiger partial charge in [0, 0.05) is 20.1 Å². The molecule has 0 saturated heterocycles. The summed E-state index contributed by atoms with van der Waals surface area (Å²) in [6.45, 7) is 1.87. The van der Waals surface area contributed by atoms with E-state index in [1.54, 1.807) is 14.0 Å². The van der Waals surface area contributed by atoms with Gasteiger partial charge in [0.25, 0.3) is 5.91 Å². The molecule has 19 heavy (non-hydrogen) atoms. The molecule has 0 saturated carbocycles. The van der Waals surface area contributed by atoms with Crippen LogP contribution in [0.25, 0.3) is 0 Å². The zero-order chi connectivity index (χ0) is 14.3. The lowest BCUT2D eigenvalue weighted by Crippen LogP contribution is -2.35. The summed E-state index contributed by atoms with van der Waals surface area (Å²) in [6, 6.07) is 0. The van der Waals surface area contributed by atoms with Crippen molar-refractivity contribution in [3.8, 4) is 0 Å². The van der Waals surface area contributed by atoms with Gasteiger partial charge < -0.3 is 10.6 Å². The molecule has 0 aliphatic heterocycles. The molecule has 3 N–H and O–H groups in total. The van der Waals surface area contributed by atoms with Crippen LogP contribution in [0.4, 0.5) is 5.82 Å². The molecule has 0 unspecified atom stereocenters. The normalized spacial score (nSPS) is 11.1. The number of nitrogens with zero attached hydrogens (tertiary/aromatic N) is 2. The van der Waals surface area contributed by atoms with Crippen molar-refractivity contribution in [1.29, 1.82) is 0 Å². The van der Waals surface area contributed by atoms with Crippen molar-refractivity contribution in [3.05, 3.63) is 18.1 Å². The van der Waals surface area contributed by atoms with Crippen molar-refractivity contribution in [2.75, 3.05) is 31.2 Å². The lowest BCUT2D eigenvalue weighted by atomic mass is 10.4. The van der Waals surface area contributed by atoms with E-state index in [1.807, 2.05) is 0 Å². The highest BCUT2D eigenvalue weighted by molar-refractivity contribution is 7.89. The molecular weight excluding hydrogens is 270 g/mol. The van der Waals surface area contributed by atoms with Gasteiger partial charge >= 0.3 is 0 Å². The van der Waals surface area contributed by atoms with Gasteiger partial charge in [-0.15, -0.1) is 0 Å².